The number of benzene rings is 1. The molecule has 0 fully saturated rings. The van der Waals surface area contributed by atoms with Gasteiger partial charge in [0.05, 0.1) is 11.4 Å². The molecule has 0 unspecified atom stereocenters. The Hall–Kier alpha value is -1.75. The van der Waals surface area contributed by atoms with Gasteiger partial charge in [-0.2, -0.15) is 0 Å². The Bertz CT molecular complexity index is 575. The maximum atomic E-state index is 10.5. The Morgan fingerprint density at radius 1 is 1.32 bits per heavy atom. The number of thioether (sulfide) groups is 1. The van der Waals surface area contributed by atoms with E-state index in [1.54, 1.807) is 0 Å². The van der Waals surface area contributed by atoms with Crippen LogP contribution in [-0.4, -0.2) is 21.8 Å². The summed E-state index contributed by atoms with van der Waals surface area (Å²) < 4.78 is 5.63. The number of carboxylic acid groups (broad SMARTS) is 1. The van der Waals surface area contributed by atoms with Crippen LogP contribution in [0.25, 0.3) is 11.5 Å². The molecule has 5 heteroatoms. The first-order valence-corrected chi connectivity index (χ1v) is 7.04. The highest BCUT2D eigenvalue weighted by molar-refractivity contribution is 7.99. The molecule has 0 spiro atoms. The molecule has 1 aromatic heterocycles. The summed E-state index contributed by atoms with van der Waals surface area (Å²) in [6.45, 7) is 3.87. The topological polar surface area (TPSA) is 63.3 Å². The fourth-order valence-electron chi connectivity index (χ4n) is 1.62. The first-order valence-electron chi connectivity index (χ1n) is 5.89. The van der Waals surface area contributed by atoms with E-state index in [2.05, 4.69) is 4.98 Å². The van der Waals surface area contributed by atoms with Gasteiger partial charge in [0, 0.05) is 11.3 Å². The molecular formula is C14H15NO3S. The van der Waals surface area contributed by atoms with Crippen LogP contribution in [0.4, 0.5) is 0 Å². The number of rotatable bonds is 5. The van der Waals surface area contributed by atoms with Crippen LogP contribution in [0, 0.1) is 13.8 Å². The van der Waals surface area contributed by atoms with E-state index in [0.717, 1.165) is 17.0 Å². The lowest BCUT2D eigenvalue weighted by molar-refractivity contribution is -0.133. The van der Waals surface area contributed by atoms with Crippen molar-refractivity contribution >= 4 is 17.7 Å². The standard InChI is InChI=1S/C14H15NO3S/c1-9-3-5-11(6-4-9)14-15-12(10(2)18-14)7-19-8-13(16)17/h3-6H,7-8H2,1-2H3,(H,16,17). The summed E-state index contributed by atoms with van der Waals surface area (Å²) in [5, 5.41) is 8.61. The predicted molar refractivity (Wildman–Crippen MR) is 75.2 cm³/mol. The van der Waals surface area contributed by atoms with Gasteiger partial charge < -0.3 is 9.52 Å². The Morgan fingerprint density at radius 2 is 2.00 bits per heavy atom. The van der Waals surface area contributed by atoms with Crippen LogP contribution in [0.2, 0.25) is 0 Å². The van der Waals surface area contributed by atoms with Crippen molar-refractivity contribution in [2.24, 2.45) is 0 Å². The minimum atomic E-state index is -0.815. The molecular weight excluding hydrogens is 262 g/mol. The number of hydrogen-bond donors (Lipinski definition) is 1. The molecule has 0 aliphatic carbocycles. The van der Waals surface area contributed by atoms with Crippen molar-refractivity contribution in [3.63, 3.8) is 0 Å². The third-order valence-electron chi connectivity index (χ3n) is 2.66. The number of nitrogens with zero attached hydrogens (tertiary/aromatic N) is 1. The average molecular weight is 277 g/mol. The molecule has 0 radical (unpaired) electrons. The van der Waals surface area contributed by atoms with E-state index in [-0.39, 0.29) is 5.75 Å². The number of hydrogen-bond acceptors (Lipinski definition) is 4. The molecule has 0 saturated carbocycles. The number of carbonyl (C=O) groups is 1. The summed E-state index contributed by atoms with van der Waals surface area (Å²) in [7, 11) is 0. The molecule has 100 valence electrons. The smallest absolute Gasteiger partial charge is 0.313 e. The molecule has 1 N–H and O–H groups in total. The molecule has 1 heterocycles. The van der Waals surface area contributed by atoms with Crippen LogP contribution in [-0.2, 0) is 10.5 Å². The van der Waals surface area contributed by atoms with Gasteiger partial charge in [-0.1, -0.05) is 17.7 Å². The van der Waals surface area contributed by atoms with Gasteiger partial charge in [0.15, 0.2) is 0 Å². The Labute approximate surface area is 115 Å². The minimum Gasteiger partial charge on any atom is -0.481 e. The fourth-order valence-corrected chi connectivity index (χ4v) is 2.35. The van der Waals surface area contributed by atoms with Crippen molar-refractivity contribution < 1.29 is 14.3 Å². The number of oxazole rings is 1. The highest BCUT2D eigenvalue weighted by Gasteiger charge is 2.11. The van der Waals surface area contributed by atoms with E-state index in [1.165, 1.54) is 17.3 Å². The summed E-state index contributed by atoms with van der Waals surface area (Å²) >= 11 is 1.32. The van der Waals surface area contributed by atoms with Crippen LogP contribution in [0.5, 0.6) is 0 Å². The number of carboxylic acids is 1. The first-order chi connectivity index (χ1) is 9.06. The highest BCUT2D eigenvalue weighted by Crippen LogP contribution is 2.24. The van der Waals surface area contributed by atoms with Gasteiger partial charge in [-0.05, 0) is 26.0 Å². The van der Waals surface area contributed by atoms with Gasteiger partial charge in [-0.3, -0.25) is 4.79 Å². The third-order valence-corrected chi connectivity index (χ3v) is 3.58. The van der Waals surface area contributed by atoms with Gasteiger partial charge in [-0.15, -0.1) is 11.8 Å². The summed E-state index contributed by atoms with van der Waals surface area (Å²) in [5.41, 5.74) is 2.93. The largest absolute Gasteiger partial charge is 0.481 e. The molecule has 0 aliphatic heterocycles. The van der Waals surface area contributed by atoms with E-state index in [0.29, 0.717) is 11.6 Å². The molecule has 0 bridgehead atoms. The molecule has 0 saturated heterocycles. The lowest BCUT2D eigenvalue weighted by Gasteiger charge is -1.95. The Morgan fingerprint density at radius 3 is 2.63 bits per heavy atom. The zero-order valence-corrected chi connectivity index (χ0v) is 11.7. The fraction of sp³-hybridized carbons (Fsp3) is 0.286. The average Bonchev–Trinajstić information content (AvgIpc) is 2.71. The van der Waals surface area contributed by atoms with Crippen LogP contribution in [0.1, 0.15) is 17.0 Å². The van der Waals surface area contributed by atoms with E-state index in [4.69, 9.17) is 9.52 Å². The van der Waals surface area contributed by atoms with Crippen molar-refractivity contribution in [3.05, 3.63) is 41.3 Å². The van der Waals surface area contributed by atoms with Gasteiger partial charge in [0.25, 0.3) is 0 Å². The SMILES string of the molecule is Cc1ccc(-c2nc(CSCC(=O)O)c(C)o2)cc1. The van der Waals surface area contributed by atoms with Crippen molar-refractivity contribution in [1.29, 1.82) is 0 Å². The molecule has 19 heavy (non-hydrogen) atoms. The van der Waals surface area contributed by atoms with Gasteiger partial charge in [0.1, 0.15) is 5.76 Å². The lowest BCUT2D eigenvalue weighted by Crippen LogP contribution is -1.98. The number of aliphatic carboxylic acids is 1. The second kappa shape index (κ2) is 5.93. The van der Waals surface area contributed by atoms with Crippen LogP contribution < -0.4 is 0 Å². The summed E-state index contributed by atoms with van der Waals surface area (Å²) in [4.78, 5) is 14.9. The normalized spacial score (nSPS) is 10.6. The highest BCUT2D eigenvalue weighted by atomic mass is 32.2. The van der Waals surface area contributed by atoms with E-state index >= 15 is 0 Å². The quantitative estimate of drug-likeness (QED) is 0.908. The monoisotopic (exact) mass is 277 g/mol. The summed E-state index contributed by atoms with van der Waals surface area (Å²) in [6, 6.07) is 7.95. The van der Waals surface area contributed by atoms with Gasteiger partial charge in [-0.25, -0.2) is 4.98 Å². The molecule has 2 aromatic rings. The first kappa shape index (κ1) is 13.7. The van der Waals surface area contributed by atoms with E-state index < -0.39 is 5.97 Å². The second-order valence-electron chi connectivity index (χ2n) is 4.27. The molecule has 1 aromatic carbocycles. The van der Waals surface area contributed by atoms with Crippen LogP contribution >= 0.6 is 11.8 Å². The number of aryl methyl sites for hydroxylation is 2. The van der Waals surface area contributed by atoms with E-state index in [1.807, 2.05) is 38.1 Å². The van der Waals surface area contributed by atoms with Gasteiger partial charge >= 0.3 is 5.97 Å². The third kappa shape index (κ3) is 3.61. The molecule has 0 aliphatic rings. The van der Waals surface area contributed by atoms with Crippen LogP contribution in [0.15, 0.2) is 28.7 Å². The maximum Gasteiger partial charge on any atom is 0.313 e. The molecule has 0 amide bonds. The maximum absolute atomic E-state index is 10.5. The molecule has 0 atom stereocenters. The van der Waals surface area contributed by atoms with Crippen molar-refractivity contribution in [2.45, 2.75) is 19.6 Å². The van der Waals surface area contributed by atoms with Crippen LogP contribution in [0.3, 0.4) is 0 Å². The summed E-state index contributed by atoms with van der Waals surface area (Å²) in [5.74, 6) is 1.14. The van der Waals surface area contributed by atoms with Crippen molar-refractivity contribution in [2.75, 3.05) is 5.75 Å². The van der Waals surface area contributed by atoms with E-state index in [9.17, 15) is 4.79 Å². The van der Waals surface area contributed by atoms with Crippen molar-refractivity contribution in [3.8, 4) is 11.5 Å². The Kier molecular flexibility index (Phi) is 4.27. The minimum absolute atomic E-state index is 0.0756. The van der Waals surface area contributed by atoms with Crippen molar-refractivity contribution in [1.82, 2.24) is 4.98 Å². The second-order valence-corrected chi connectivity index (χ2v) is 5.26. The predicted octanol–water partition coefficient (Wildman–Crippen LogP) is 3.28. The Balaban J connectivity index is 2.12. The molecule has 4 nitrogen and oxygen atoms in total. The number of aromatic nitrogens is 1. The zero-order valence-electron chi connectivity index (χ0n) is 10.8. The zero-order chi connectivity index (χ0) is 13.8. The lowest BCUT2D eigenvalue weighted by atomic mass is 10.1. The van der Waals surface area contributed by atoms with Gasteiger partial charge in [0.2, 0.25) is 5.89 Å². The molecule has 2 rings (SSSR count). The summed E-state index contributed by atoms with van der Waals surface area (Å²) in [6.07, 6.45) is 0.